The zero-order chi connectivity index (χ0) is 18.7. The number of hydrogen-bond donors (Lipinski definition) is 1. The Hall–Kier alpha value is -3.53. The van der Waals surface area contributed by atoms with E-state index in [-0.39, 0.29) is 17.0 Å². The average molecular weight is 349 g/mol. The lowest BCUT2D eigenvalue weighted by Crippen LogP contribution is -2.25. The molecule has 0 saturated carbocycles. The van der Waals surface area contributed by atoms with Crippen LogP contribution in [0.5, 0.6) is 0 Å². The van der Waals surface area contributed by atoms with Crippen molar-refractivity contribution < 1.29 is 9.21 Å². The van der Waals surface area contributed by atoms with Gasteiger partial charge in [-0.1, -0.05) is 6.07 Å². The predicted octanol–water partition coefficient (Wildman–Crippen LogP) is 2.64. The topological polar surface area (TPSA) is 87.1 Å². The lowest BCUT2D eigenvalue weighted by Gasteiger charge is -2.16. The number of nitrogens with zero attached hydrogens (tertiary/aromatic N) is 4. The molecule has 0 radical (unpaired) electrons. The normalized spacial score (nSPS) is 10.4. The number of amides is 1. The Labute approximate surface area is 151 Å². The second-order valence-electron chi connectivity index (χ2n) is 5.98. The van der Waals surface area contributed by atoms with E-state index in [1.807, 2.05) is 43.3 Å². The molecule has 0 saturated heterocycles. The molecule has 132 valence electrons. The van der Waals surface area contributed by atoms with Gasteiger partial charge in [0.05, 0.1) is 0 Å². The molecule has 0 aliphatic carbocycles. The van der Waals surface area contributed by atoms with E-state index in [1.165, 1.54) is 0 Å². The molecule has 1 N–H and O–H groups in total. The minimum atomic E-state index is -0.352. The second-order valence-corrected chi connectivity index (χ2v) is 5.98. The summed E-state index contributed by atoms with van der Waals surface area (Å²) < 4.78 is 7.35. The highest BCUT2D eigenvalue weighted by molar-refractivity contribution is 5.98. The number of nitrogens with one attached hydrogen (secondary N) is 1. The van der Waals surface area contributed by atoms with Crippen molar-refractivity contribution in [1.29, 1.82) is 5.26 Å². The highest BCUT2D eigenvalue weighted by atomic mass is 16.4. The van der Waals surface area contributed by atoms with Crippen LogP contribution in [0, 0.1) is 18.3 Å². The van der Waals surface area contributed by atoms with Crippen LogP contribution in [-0.2, 0) is 6.54 Å². The van der Waals surface area contributed by atoms with E-state index in [1.54, 1.807) is 30.1 Å². The Kier molecular flexibility index (Phi) is 4.76. The number of rotatable bonds is 5. The third-order valence-electron chi connectivity index (χ3n) is 3.97. The lowest BCUT2D eigenvalue weighted by atomic mass is 10.1. The van der Waals surface area contributed by atoms with E-state index in [9.17, 15) is 10.1 Å². The molecule has 0 spiro atoms. The van der Waals surface area contributed by atoms with Gasteiger partial charge in [-0.25, -0.2) is 4.98 Å². The number of hydrogen-bond acceptors (Lipinski definition) is 5. The first kappa shape index (κ1) is 17.3. The Balaban J connectivity index is 1.87. The molecule has 26 heavy (non-hydrogen) atoms. The average Bonchev–Trinajstić information content (AvgIpc) is 3.27. The van der Waals surface area contributed by atoms with E-state index in [4.69, 9.17) is 4.42 Å². The summed E-state index contributed by atoms with van der Waals surface area (Å²) in [5.41, 5.74) is 1.36. The second kappa shape index (κ2) is 7.15. The molecule has 3 aromatic rings. The maximum Gasteiger partial charge on any atom is 0.256 e. The van der Waals surface area contributed by atoms with Gasteiger partial charge in [0.15, 0.2) is 0 Å². The molecule has 3 aromatic heterocycles. The predicted molar refractivity (Wildman–Crippen MR) is 97.2 cm³/mol. The van der Waals surface area contributed by atoms with E-state index >= 15 is 0 Å². The molecule has 3 heterocycles. The Morgan fingerprint density at radius 2 is 2.08 bits per heavy atom. The number of carbonyl (C=O) groups is 1. The molecule has 7 heteroatoms. The smallest absolute Gasteiger partial charge is 0.256 e. The highest BCUT2D eigenvalue weighted by Gasteiger charge is 2.24. The summed E-state index contributed by atoms with van der Waals surface area (Å²) in [6.07, 6.45) is 5.23. The van der Waals surface area contributed by atoms with Crippen molar-refractivity contribution in [2.45, 2.75) is 13.5 Å². The van der Waals surface area contributed by atoms with E-state index in [0.29, 0.717) is 18.2 Å². The number of anilines is 1. The van der Waals surface area contributed by atoms with Gasteiger partial charge >= 0.3 is 0 Å². The minimum Gasteiger partial charge on any atom is -0.443 e. The van der Waals surface area contributed by atoms with Crippen molar-refractivity contribution in [2.24, 2.45) is 0 Å². The molecule has 0 bridgehead atoms. The molecule has 0 aliphatic heterocycles. The van der Waals surface area contributed by atoms with Crippen molar-refractivity contribution in [1.82, 2.24) is 14.9 Å². The summed E-state index contributed by atoms with van der Waals surface area (Å²) in [5, 5.41) is 12.4. The molecule has 3 rings (SSSR count). The van der Waals surface area contributed by atoms with Crippen LogP contribution in [-0.4, -0.2) is 29.6 Å². The molecule has 0 atom stereocenters. The Morgan fingerprint density at radius 1 is 1.35 bits per heavy atom. The van der Waals surface area contributed by atoms with Crippen molar-refractivity contribution in [3.05, 3.63) is 65.3 Å². The maximum absolute atomic E-state index is 12.7. The number of furan rings is 1. The third-order valence-corrected chi connectivity index (χ3v) is 3.97. The van der Waals surface area contributed by atoms with Crippen molar-refractivity contribution in [3.8, 4) is 12.0 Å². The number of nitriles is 1. The van der Waals surface area contributed by atoms with Crippen molar-refractivity contribution in [2.75, 3.05) is 19.0 Å². The Bertz CT molecular complexity index is 964. The first-order chi connectivity index (χ1) is 12.5. The van der Waals surface area contributed by atoms with Crippen LogP contribution in [0.25, 0.3) is 5.88 Å². The van der Waals surface area contributed by atoms with Crippen molar-refractivity contribution >= 4 is 11.7 Å². The summed E-state index contributed by atoms with van der Waals surface area (Å²) in [6.45, 7) is 1.98. The fourth-order valence-electron chi connectivity index (χ4n) is 2.79. The molecule has 0 aliphatic rings. The molecule has 7 nitrogen and oxygen atoms in total. The number of carbonyl (C=O) groups excluding carboxylic acids is 1. The largest absolute Gasteiger partial charge is 0.443 e. The number of pyridine rings is 1. The van der Waals surface area contributed by atoms with Gasteiger partial charge in [0.2, 0.25) is 5.88 Å². The monoisotopic (exact) mass is 349 g/mol. The van der Waals surface area contributed by atoms with Gasteiger partial charge in [0.1, 0.15) is 28.8 Å². The first-order valence-electron chi connectivity index (χ1n) is 8.09. The first-order valence-corrected chi connectivity index (χ1v) is 8.09. The van der Waals surface area contributed by atoms with Gasteiger partial charge in [0.25, 0.3) is 5.91 Å². The fourth-order valence-corrected chi connectivity index (χ4v) is 2.79. The SMILES string of the molecule is Cc1oc(-n2cccc2)c(C#N)c1C(=O)NCc1cccnc1N(C)C. The van der Waals surface area contributed by atoms with Crippen LogP contribution in [0.15, 0.2) is 47.3 Å². The number of aromatic nitrogens is 2. The van der Waals surface area contributed by atoms with Gasteiger partial charge in [-0.2, -0.15) is 5.26 Å². The molecule has 0 fully saturated rings. The quantitative estimate of drug-likeness (QED) is 0.765. The van der Waals surface area contributed by atoms with Gasteiger partial charge in [-0.15, -0.1) is 0 Å². The van der Waals surface area contributed by atoms with E-state index in [2.05, 4.69) is 16.4 Å². The van der Waals surface area contributed by atoms with Crippen LogP contribution in [0.2, 0.25) is 0 Å². The summed E-state index contributed by atoms with van der Waals surface area (Å²) in [4.78, 5) is 18.9. The van der Waals surface area contributed by atoms with E-state index in [0.717, 1.165) is 11.4 Å². The molecular formula is C19H19N5O2. The third kappa shape index (κ3) is 3.17. The van der Waals surface area contributed by atoms with Crippen LogP contribution >= 0.6 is 0 Å². The van der Waals surface area contributed by atoms with Gasteiger partial charge in [-0.3, -0.25) is 9.36 Å². The van der Waals surface area contributed by atoms with Crippen LogP contribution in [0.3, 0.4) is 0 Å². The van der Waals surface area contributed by atoms with Gasteiger partial charge in [-0.05, 0) is 25.1 Å². The van der Waals surface area contributed by atoms with Crippen molar-refractivity contribution in [3.63, 3.8) is 0 Å². The minimum absolute atomic E-state index is 0.218. The Morgan fingerprint density at radius 3 is 2.73 bits per heavy atom. The van der Waals surface area contributed by atoms with Crippen LogP contribution in [0.4, 0.5) is 5.82 Å². The summed E-state index contributed by atoms with van der Waals surface area (Å²) in [5.74, 6) is 1.18. The maximum atomic E-state index is 12.7. The number of aryl methyl sites for hydroxylation is 1. The molecule has 0 aromatic carbocycles. The lowest BCUT2D eigenvalue weighted by molar-refractivity contribution is 0.0949. The van der Waals surface area contributed by atoms with Crippen LogP contribution < -0.4 is 10.2 Å². The highest BCUT2D eigenvalue weighted by Crippen LogP contribution is 2.25. The summed E-state index contributed by atoms with van der Waals surface area (Å²) >= 11 is 0. The molecule has 1 amide bonds. The summed E-state index contributed by atoms with van der Waals surface area (Å²) in [7, 11) is 3.79. The summed E-state index contributed by atoms with van der Waals surface area (Å²) in [6, 6.07) is 9.46. The molecular weight excluding hydrogens is 330 g/mol. The zero-order valence-corrected chi connectivity index (χ0v) is 14.9. The van der Waals surface area contributed by atoms with Gasteiger partial charge in [0, 0.05) is 44.8 Å². The molecule has 0 unspecified atom stereocenters. The van der Waals surface area contributed by atoms with Crippen LogP contribution in [0.1, 0.15) is 27.2 Å². The zero-order valence-electron chi connectivity index (χ0n) is 14.9. The fraction of sp³-hybridized carbons (Fsp3) is 0.211. The standard InChI is InChI=1S/C19H19N5O2/c1-13-16(15(11-20)19(26-13)24-9-4-5-10-24)18(25)22-12-14-7-6-8-21-17(14)23(2)3/h4-10H,12H2,1-3H3,(H,22,25). The van der Waals surface area contributed by atoms with E-state index < -0.39 is 0 Å². The van der Waals surface area contributed by atoms with Gasteiger partial charge < -0.3 is 14.6 Å².